The molecular weight excluding hydrogens is 140 g/mol. The number of nitrogen functional groups attached to an aromatic ring is 1. The Morgan fingerprint density at radius 2 is 1.73 bits per heavy atom. The van der Waals surface area contributed by atoms with Gasteiger partial charge in [0, 0.05) is 17.8 Å². The predicted molar refractivity (Wildman–Crippen MR) is 45.7 cm³/mol. The van der Waals surface area contributed by atoms with E-state index in [1.54, 1.807) is 24.3 Å². The lowest BCUT2D eigenvalue weighted by atomic mass is 10.3. The highest BCUT2D eigenvalue weighted by Gasteiger charge is 2.34. The second-order valence-electron chi connectivity index (χ2n) is 2.93. The van der Waals surface area contributed by atoms with Gasteiger partial charge in [-0.25, -0.2) is 0 Å². The van der Waals surface area contributed by atoms with Gasteiger partial charge in [0.25, 0.3) is 0 Å². The van der Waals surface area contributed by atoms with Crippen molar-refractivity contribution in [2.75, 3.05) is 18.8 Å². The number of anilines is 1. The Bertz CT molecular complexity index is 264. The van der Waals surface area contributed by atoms with Gasteiger partial charge in [0.1, 0.15) is 18.8 Å². The molecule has 11 heavy (non-hydrogen) atoms. The molecule has 2 rings (SSSR count). The fraction of sp³-hybridized carbons (Fsp3) is 0.250. The molecule has 0 spiro atoms. The minimum atomic E-state index is -0.166. The van der Waals surface area contributed by atoms with Gasteiger partial charge in [-0.2, -0.15) is 0 Å². The molecule has 58 valence electrons. The van der Waals surface area contributed by atoms with Gasteiger partial charge in [-0.3, -0.25) is 0 Å². The van der Waals surface area contributed by atoms with Crippen LogP contribution < -0.4 is 10.4 Å². The average molecular weight is 150 g/mol. The number of benzene rings is 1. The highest BCUT2D eigenvalue weighted by Crippen LogP contribution is 2.30. The number of nitrogens with two attached hydrogens (primary N) is 1. The molecule has 1 heterocycles. The Hall–Kier alpha value is -1.06. The highest BCUT2D eigenvalue weighted by molar-refractivity contribution is 5.53. The smallest absolute Gasteiger partial charge is 0.134 e. The van der Waals surface area contributed by atoms with E-state index in [0.29, 0.717) is 18.8 Å². The van der Waals surface area contributed by atoms with E-state index >= 15 is 0 Å². The van der Waals surface area contributed by atoms with E-state index in [4.69, 9.17) is 5.73 Å². The summed E-state index contributed by atoms with van der Waals surface area (Å²) in [5.74, 6) is 0. The lowest BCUT2D eigenvalue weighted by Gasteiger charge is -2.20. The summed E-state index contributed by atoms with van der Waals surface area (Å²) in [5, 5.41) is 11.4. The molecule has 0 atom stereocenters. The van der Waals surface area contributed by atoms with Gasteiger partial charge in [-0.15, -0.1) is 0 Å². The third kappa shape index (κ3) is 1.08. The summed E-state index contributed by atoms with van der Waals surface area (Å²) in [6.07, 6.45) is 0. The van der Waals surface area contributed by atoms with Crippen molar-refractivity contribution in [2.24, 2.45) is 0 Å². The first-order valence-corrected chi connectivity index (χ1v) is 3.65. The van der Waals surface area contributed by atoms with Crippen LogP contribution in [-0.2, 0) is 0 Å². The van der Waals surface area contributed by atoms with Crippen LogP contribution in [-0.4, -0.2) is 13.1 Å². The normalized spacial score (nSPS) is 19.7. The van der Waals surface area contributed by atoms with Crippen LogP contribution in [0.15, 0.2) is 24.3 Å². The van der Waals surface area contributed by atoms with Crippen molar-refractivity contribution < 1.29 is 0 Å². The molecule has 1 saturated heterocycles. The molecule has 0 bridgehead atoms. The van der Waals surface area contributed by atoms with E-state index < -0.39 is 0 Å². The predicted octanol–water partition coefficient (Wildman–Crippen LogP) is 1.09. The van der Waals surface area contributed by atoms with E-state index in [0.717, 1.165) is 5.69 Å². The molecule has 1 fully saturated rings. The summed E-state index contributed by atoms with van der Waals surface area (Å²) in [7, 11) is 0. The van der Waals surface area contributed by atoms with Crippen LogP contribution >= 0.6 is 0 Å². The molecule has 2 N–H and O–H groups in total. The van der Waals surface area contributed by atoms with Crippen molar-refractivity contribution in [3.05, 3.63) is 29.5 Å². The Kier molecular flexibility index (Phi) is 1.19. The van der Waals surface area contributed by atoms with Gasteiger partial charge >= 0.3 is 0 Å². The number of rotatable bonds is 1. The number of hydrogen-bond acceptors (Lipinski definition) is 2. The molecule has 0 saturated carbocycles. The quantitative estimate of drug-likeness (QED) is 0.282. The second kappa shape index (κ2) is 1.96. The molecule has 1 aromatic carbocycles. The topological polar surface area (TPSA) is 49.1 Å². The molecule has 1 aromatic rings. The molecule has 1 aliphatic rings. The average Bonchev–Trinajstić information content (AvgIpc) is 2.70. The van der Waals surface area contributed by atoms with Crippen LogP contribution in [0.1, 0.15) is 0 Å². The molecule has 3 heteroatoms. The van der Waals surface area contributed by atoms with Crippen molar-refractivity contribution in [3.8, 4) is 0 Å². The number of nitrogens with zero attached hydrogens (tertiary/aromatic N) is 1. The number of quaternary nitrogens is 1. The van der Waals surface area contributed by atoms with Crippen LogP contribution in [0.25, 0.3) is 0 Å². The molecular formula is C8H10N2O. The lowest BCUT2D eigenvalue weighted by molar-refractivity contribution is 0.731. The maximum atomic E-state index is 11.4. The van der Waals surface area contributed by atoms with Crippen LogP contribution in [0.5, 0.6) is 0 Å². The van der Waals surface area contributed by atoms with Crippen LogP contribution in [0.3, 0.4) is 0 Å². The highest BCUT2D eigenvalue weighted by atomic mass is 16.6. The first-order valence-electron chi connectivity index (χ1n) is 3.65. The number of hydrogen-bond donors (Lipinski definition) is 1. The Balaban J connectivity index is 2.33. The summed E-state index contributed by atoms with van der Waals surface area (Å²) >= 11 is 0. The van der Waals surface area contributed by atoms with Crippen LogP contribution in [0.4, 0.5) is 11.4 Å². The first kappa shape index (κ1) is 6.64. The Labute approximate surface area is 65.2 Å². The van der Waals surface area contributed by atoms with Crippen molar-refractivity contribution in [2.45, 2.75) is 0 Å². The Morgan fingerprint density at radius 3 is 2.18 bits per heavy atom. The third-order valence-corrected chi connectivity index (χ3v) is 1.99. The second-order valence-corrected chi connectivity index (χ2v) is 2.93. The largest absolute Gasteiger partial charge is 0.627 e. The van der Waals surface area contributed by atoms with E-state index in [1.165, 1.54) is 0 Å². The van der Waals surface area contributed by atoms with Gasteiger partial charge in [-0.1, -0.05) is 0 Å². The lowest BCUT2D eigenvalue weighted by Crippen LogP contribution is -2.15. The van der Waals surface area contributed by atoms with E-state index in [2.05, 4.69) is 0 Å². The molecule has 3 nitrogen and oxygen atoms in total. The summed E-state index contributed by atoms with van der Waals surface area (Å²) in [4.78, 5) is 0. The zero-order valence-electron chi connectivity index (χ0n) is 6.16. The van der Waals surface area contributed by atoms with Crippen molar-refractivity contribution in [3.63, 3.8) is 0 Å². The van der Waals surface area contributed by atoms with E-state index in [-0.39, 0.29) is 4.65 Å². The summed E-state index contributed by atoms with van der Waals surface area (Å²) in [6.45, 7) is 1.42. The first-order chi connectivity index (χ1) is 5.21. The molecule has 0 unspecified atom stereocenters. The van der Waals surface area contributed by atoms with E-state index in [1.807, 2.05) is 0 Å². The van der Waals surface area contributed by atoms with Crippen molar-refractivity contribution >= 4 is 11.4 Å². The monoisotopic (exact) mass is 150 g/mol. The fourth-order valence-corrected chi connectivity index (χ4v) is 1.10. The van der Waals surface area contributed by atoms with Gasteiger partial charge in [-0.05, 0) is 12.1 Å². The fourth-order valence-electron chi connectivity index (χ4n) is 1.10. The van der Waals surface area contributed by atoms with Crippen molar-refractivity contribution in [1.82, 2.24) is 4.65 Å². The van der Waals surface area contributed by atoms with E-state index in [9.17, 15) is 5.21 Å². The van der Waals surface area contributed by atoms with Gasteiger partial charge in [0.05, 0.1) is 0 Å². The van der Waals surface area contributed by atoms with Gasteiger partial charge < -0.3 is 15.6 Å². The zero-order chi connectivity index (χ0) is 7.90. The van der Waals surface area contributed by atoms with Crippen LogP contribution in [0.2, 0.25) is 0 Å². The van der Waals surface area contributed by atoms with Gasteiger partial charge in [0.2, 0.25) is 0 Å². The molecule has 1 aliphatic heterocycles. The summed E-state index contributed by atoms with van der Waals surface area (Å²) in [5.41, 5.74) is 7.01. The maximum Gasteiger partial charge on any atom is 0.134 e. The molecule has 0 radical (unpaired) electrons. The van der Waals surface area contributed by atoms with Crippen LogP contribution in [0, 0.1) is 5.21 Å². The van der Waals surface area contributed by atoms with Gasteiger partial charge in [0.15, 0.2) is 0 Å². The minimum Gasteiger partial charge on any atom is -0.627 e. The Morgan fingerprint density at radius 1 is 1.18 bits per heavy atom. The summed E-state index contributed by atoms with van der Waals surface area (Å²) in [6, 6.07) is 7.14. The minimum absolute atomic E-state index is 0.166. The summed E-state index contributed by atoms with van der Waals surface area (Å²) < 4.78 is -0.166. The molecule has 0 aromatic heterocycles. The SMILES string of the molecule is Nc1ccc([N+]2([O-])CC2)cc1. The maximum absolute atomic E-state index is 11.4. The molecule has 0 amide bonds. The standard InChI is InChI=1S/C8H10N2O/c9-7-1-3-8(4-2-7)10(11)5-6-10/h1-4H,5-6,9H2. The molecule has 0 aliphatic carbocycles. The third-order valence-electron chi connectivity index (χ3n) is 1.99. The zero-order valence-corrected chi connectivity index (χ0v) is 6.16. The van der Waals surface area contributed by atoms with Crippen molar-refractivity contribution in [1.29, 1.82) is 0 Å². The number of hydroxylamine groups is 2.